The molecule has 1 unspecified atom stereocenters. The number of rotatable bonds is 4. The van der Waals surface area contributed by atoms with E-state index in [9.17, 15) is 10.1 Å². The van der Waals surface area contributed by atoms with E-state index in [1.807, 2.05) is 54.2 Å². The van der Waals surface area contributed by atoms with E-state index in [1.54, 1.807) is 12.1 Å². The summed E-state index contributed by atoms with van der Waals surface area (Å²) in [5, 5.41) is 14.0. The summed E-state index contributed by atoms with van der Waals surface area (Å²) in [5.74, 6) is -0.310. The predicted molar refractivity (Wildman–Crippen MR) is 94.7 cm³/mol. The Morgan fingerprint density at radius 3 is 2.92 bits per heavy atom. The highest BCUT2D eigenvalue weighted by Crippen LogP contribution is 2.20. The molecule has 3 aromatic rings. The summed E-state index contributed by atoms with van der Waals surface area (Å²) in [7, 11) is 0. The molecule has 1 atom stereocenters. The largest absolute Gasteiger partial charge is 0.332 e. The van der Waals surface area contributed by atoms with Gasteiger partial charge in [0.15, 0.2) is 6.04 Å². The molecule has 3 heterocycles. The van der Waals surface area contributed by atoms with E-state index in [-0.39, 0.29) is 5.91 Å². The molecule has 3 aromatic heterocycles. The highest BCUT2D eigenvalue weighted by Gasteiger charge is 2.18. The fourth-order valence-corrected chi connectivity index (χ4v) is 3.13. The molecular formula is C18H16N4OS. The third-order valence-electron chi connectivity index (χ3n) is 3.41. The molecule has 0 fully saturated rings. The summed E-state index contributed by atoms with van der Waals surface area (Å²) in [6.07, 6.45) is 5.68. The monoisotopic (exact) mass is 336 g/mol. The SMILES string of the molecule is CC(C)=Cc1cn2cccc(C(=O)NC(C#N)c3cccs3)c2n1. The number of imidazole rings is 1. The van der Waals surface area contributed by atoms with Gasteiger partial charge in [-0.05, 0) is 43.5 Å². The number of thiophene rings is 1. The summed E-state index contributed by atoms with van der Waals surface area (Å²) in [4.78, 5) is 18.0. The second-order valence-corrected chi connectivity index (χ2v) is 6.57. The maximum atomic E-state index is 12.6. The van der Waals surface area contributed by atoms with Crippen molar-refractivity contribution in [3.63, 3.8) is 0 Å². The first-order valence-electron chi connectivity index (χ1n) is 7.45. The Morgan fingerprint density at radius 2 is 2.25 bits per heavy atom. The van der Waals surface area contributed by atoms with Gasteiger partial charge in [-0.15, -0.1) is 11.3 Å². The van der Waals surface area contributed by atoms with Gasteiger partial charge < -0.3 is 9.72 Å². The number of nitrogens with zero attached hydrogens (tertiary/aromatic N) is 3. The van der Waals surface area contributed by atoms with Crippen LogP contribution in [0.2, 0.25) is 0 Å². The molecule has 0 radical (unpaired) electrons. The number of fused-ring (bicyclic) bond motifs is 1. The Balaban J connectivity index is 1.94. The predicted octanol–water partition coefficient (Wildman–Crippen LogP) is 3.81. The van der Waals surface area contributed by atoms with Crippen LogP contribution < -0.4 is 5.32 Å². The van der Waals surface area contributed by atoms with Crippen molar-refractivity contribution in [3.05, 3.63) is 63.7 Å². The lowest BCUT2D eigenvalue weighted by Gasteiger charge is -2.10. The van der Waals surface area contributed by atoms with Gasteiger partial charge in [0.05, 0.1) is 17.3 Å². The lowest BCUT2D eigenvalue weighted by Crippen LogP contribution is -2.27. The Morgan fingerprint density at radius 1 is 1.42 bits per heavy atom. The van der Waals surface area contributed by atoms with E-state index in [0.29, 0.717) is 11.2 Å². The third-order valence-corrected chi connectivity index (χ3v) is 4.35. The molecule has 0 bridgehead atoms. The number of nitrogens with one attached hydrogen (secondary N) is 1. The first kappa shape index (κ1) is 16.0. The second kappa shape index (κ2) is 6.69. The first-order chi connectivity index (χ1) is 11.6. The van der Waals surface area contributed by atoms with Crippen LogP contribution >= 0.6 is 11.3 Å². The second-order valence-electron chi connectivity index (χ2n) is 5.59. The summed E-state index contributed by atoms with van der Waals surface area (Å²) in [5.41, 5.74) is 2.95. The van der Waals surface area contributed by atoms with E-state index in [2.05, 4.69) is 16.4 Å². The number of amides is 1. The fourth-order valence-electron chi connectivity index (χ4n) is 2.41. The normalized spacial score (nSPS) is 11.7. The topological polar surface area (TPSA) is 70.2 Å². The maximum absolute atomic E-state index is 12.6. The fraction of sp³-hybridized carbons (Fsp3) is 0.167. The highest BCUT2D eigenvalue weighted by atomic mass is 32.1. The van der Waals surface area contributed by atoms with Gasteiger partial charge >= 0.3 is 0 Å². The highest BCUT2D eigenvalue weighted by molar-refractivity contribution is 7.10. The summed E-state index contributed by atoms with van der Waals surface area (Å²) < 4.78 is 1.82. The zero-order valence-corrected chi connectivity index (χ0v) is 14.2. The minimum absolute atomic E-state index is 0.310. The van der Waals surface area contributed by atoms with Gasteiger partial charge in [-0.3, -0.25) is 4.79 Å². The lowest BCUT2D eigenvalue weighted by molar-refractivity contribution is 0.0947. The van der Waals surface area contributed by atoms with Crippen molar-refractivity contribution in [1.29, 1.82) is 5.26 Å². The van der Waals surface area contributed by atoms with Crippen molar-refractivity contribution in [3.8, 4) is 6.07 Å². The molecule has 6 heteroatoms. The molecular weight excluding hydrogens is 320 g/mol. The van der Waals surface area contributed by atoms with Crippen molar-refractivity contribution in [2.75, 3.05) is 0 Å². The number of hydrogen-bond donors (Lipinski definition) is 1. The number of hydrogen-bond acceptors (Lipinski definition) is 4. The lowest BCUT2D eigenvalue weighted by atomic mass is 10.2. The maximum Gasteiger partial charge on any atom is 0.256 e. The molecule has 1 amide bonds. The van der Waals surface area contributed by atoms with Gasteiger partial charge in [0.25, 0.3) is 5.91 Å². The Labute approximate surface area is 143 Å². The van der Waals surface area contributed by atoms with E-state index >= 15 is 0 Å². The van der Waals surface area contributed by atoms with Crippen LogP contribution in [-0.4, -0.2) is 15.3 Å². The van der Waals surface area contributed by atoms with E-state index in [1.165, 1.54) is 11.3 Å². The van der Waals surface area contributed by atoms with Crippen LogP contribution in [0.5, 0.6) is 0 Å². The molecule has 0 spiro atoms. The van der Waals surface area contributed by atoms with Gasteiger partial charge in [0, 0.05) is 17.3 Å². The molecule has 0 saturated heterocycles. The number of aromatic nitrogens is 2. The van der Waals surface area contributed by atoms with Gasteiger partial charge in [0.2, 0.25) is 0 Å². The summed E-state index contributed by atoms with van der Waals surface area (Å²) in [6, 6.07) is 8.67. The van der Waals surface area contributed by atoms with Gasteiger partial charge in [-0.1, -0.05) is 11.6 Å². The van der Waals surface area contributed by atoms with E-state index < -0.39 is 6.04 Å². The number of pyridine rings is 1. The van der Waals surface area contributed by atoms with Crippen LogP contribution in [0.1, 0.15) is 40.8 Å². The summed E-state index contributed by atoms with van der Waals surface area (Å²) in [6.45, 7) is 3.99. The Kier molecular flexibility index (Phi) is 4.45. The molecule has 0 aliphatic heterocycles. The molecule has 120 valence electrons. The molecule has 3 rings (SSSR count). The van der Waals surface area contributed by atoms with Gasteiger partial charge in [-0.25, -0.2) is 4.98 Å². The van der Waals surface area contributed by atoms with Crippen LogP contribution in [0.15, 0.2) is 47.6 Å². The molecule has 0 aliphatic carbocycles. The van der Waals surface area contributed by atoms with Crippen molar-refractivity contribution in [1.82, 2.24) is 14.7 Å². The Hall–Kier alpha value is -2.91. The minimum Gasteiger partial charge on any atom is -0.332 e. The van der Waals surface area contributed by atoms with Gasteiger partial charge in [0.1, 0.15) is 5.65 Å². The smallest absolute Gasteiger partial charge is 0.256 e. The Bertz CT molecular complexity index is 943. The van der Waals surface area contributed by atoms with Crippen molar-refractivity contribution in [2.24, 2.45) is 0 Å². The number of nitriles is 1. The molecule has 0 aliphatic rings. The molecule has 0 saturated carbocycles. The van der Waals surface area contributed by atoms with Crippen molar-refractivity contribution < 1.29 is 4.79 Å². The minimum atomic E-state index is -0.662. The molecule has 5 nitrogen and oxygen atoms in total. The van der Waals surface area contributed by atoms with Crippen LogP contribution in [0, 0.1) is 11.3 Å². The van der Waals surface area contributed by atoms with Crippen molar-refractivity contribution >= 4 is 29.0 Å². The van der Waals surface area contributed by atoms with Crippen LogP contribution in [0.3, 0.4) is 0 Å². The average Bonchev–Trinajstić information content (AvgIpc) is 3.20. The number of carbonyl (C=O) groups excluding carboxylic acids is 1. The quantitative estimate of drug-likeness (QED) is 0.787. The standard InChI is InChI=1S/C18H16N4OS/c1-12(2)9-13-11-22-7-3-5-14(17(22)20-13)18(23)21-15(10-19)16-6-4-8-24-16/h3-9,11,15H,1-2H3,(H,21,23). The summed E-state index contributed by atoms with van der Waals surface area (Å²) >= 11 is 1.44. The number of allylic oxidation sites excluding steroid dienone is 1. The molecule has 1 N–H and O–H groups in total. The van der Waals surface area contributed by atoms with Crippen molar-refractivity contribution in [2.45, 2.75) is 19.9 Å². The molecule has 24 heavy (non-hydrogen) atoms. The van der Waals surface area contributed by atoms with Crippen LogP contribution in [0.25, 0.3) is 11.7 Å². The first-order valence-corrected chi connectivity index (χ1v) is 8.33. The van der Waals surface area contributed by atoms with Gasteiger partial charge in [-0.2, -0.15) is 5.26 Å². The molecule has 0 aromatic carbocycles. The third kappa shape index (κ3) is 3.21. The average molecular weight is 336 g/mol. The van der Waals surface area contributed by atoms with E-state index in [0.717, 1.165) is 16.1 Å². The van der Waals surface area contributed by atoms with E-state index in [4.69, 9.17) is 0 Å². The zero-order valence-electron chi connectivity index (χ0n) is 13.4. The van der Waals surface area contributed by atoms with Crippen LogP contribution in [-0.2, 0) is 0 Å². The number of carbonyl (C=O) groups is 1. The zero-order chi connectivity index (χ0) is 17.1. The van der Waals surface area contributed by atoms with Crippen LogP contribution in [0.4, 0.5) is 0 Å².